The van der Waals surface area contributed by atoms with Gasteiger partial charge in [0.25, 0.3) is 5.91 Å². The average Bonchev–Trinajstić information content (AvgIpc) is 2.95. The number of aliphatic imine (C=N–C) groups is 1. The number of carbonyl (C=O) groups excluding carboxylic acids is 2. The van der Waals surface area contributed by atoms with Gasteiger partial charge >= 0.3 is 5.97 Å². The summed E-state index contributed by atoms with van der Waals surface area (Å²) in [6, 6.07) is 16.6. The molecule has 0 unspecified atom stereocenters. The first kappa shape index (κ1) is 18.9. The molecular weight excluding hydrogens is 360 g/mol. The molecule has 2 aromatic rings. The number of amides is 1. The van der Waals surface area contributed by atoms with Crippen LogP contribution in [0.4, 0.5) is 5.69 Å². The zero-order valence-corrected chi connectivity index (χ0v) is 16.0. The van der Waals surface area contributed by atoms with E-state index in [0.29, 0.717) is 27.9 Å². The first-order valence-corrected chi connectivity index (χ1v) is 9.48. The summed E-state index contributed by atoms with van der Waals surface area (Å²) in [7, 11) is 1.69. The number of esters is 1. The number of hydrogen-bond acceptors (Lipinski definition) is 5. The van der Waals surface area contributed by atoms with Gasteiger partial charge in [-0.05, 0) is 48.0 Å². The minimum absolute atomic E-state index is 0.0962. The first-order chi connectivity index (χ1) is 13.1. The highest BCUT2D eigenvalue weighted by Crippen LogP contribution is 2.33. The highest BCUT2D eigenvalue weighted by atomic mass is 32.2. The lowest BCUT2D eigenvalue weighted by Crippen LogP contribution is -2.23. The third-order valence-electron chi connectivity index (χ3n) is 3.84. The Morgan fingerprint density at radius 2 is 1.96 bits per heavy atom. The summed E-state index contributed by atoms with van der Waals surface area (Å²) in [5.74, 6) is -0.465. The highest BCUT2D eigenvalue weighted by Gasteiger charge is 2.30. The molecule has 1 heterocycles. The van der Waals surface area contributed by atoms with Crippen LogP contribution in [0.2, 0.25) is 0 Å². The second kappa shape index (κ2) is 8.68. The molecule has 0 saturated carbocycles. The van der Waals surface area contributed by atoms with Crippen LogP contribution in [-0.2, 0) is 9.53 Å². The number of nitrogens with zero attached hydrogens (tertiary/aromatic N) is 2. The maximum absolute atomic E-state index is 12.5. The molecule has 6 heteroatoms. The van der Waals surface area contributed by atoms with E-state index in [-0.39, 0.29) is 11.9 Å². The predicted molar refractivity (Wildman–Crippen MR) is 109 cm³/mol. The lowest BCUT2D eigenvalue weighted by atomic mass is 10.2. The molecule has 1 amide bonds. The van der Waals surface area contributed by atoms with Crippen molar-refractivity contribution < 1.29 is 14.3 Å². The quantitative estimate of drug-likeness (QED) is 0.567. The van der Waals surface area contributed by atoms with Crippen molar-refractivity contribution in [1.82, 2.24) is 4.90 Å². The second-order valence-corrected chi connectivity index (χ2v) is 6.98. The fourth-order valence-corrected chi connectivity index (χ4v) is 3.43. The van der Waals surface area contributed by atoms with E-state index in [2.05, 4.69) is 4.99 Å². The minimum atomic E-state index is -0.368. The number of likely N-dealkylation sites (N-methyl/N-ethyl adjacent to an activating group) is 1. The van der Waals surface area contributed by atoms with Crippen LogP contribution in [0.1, 0.15) is 29.3 Å². The Balaban J connectivity index is 1.82. The Bertz CT molecular complexity index is 907. The third kappa shape index (κ3) is 4.65. The molecule has 2 aromatic carbocycles. The van der Waals surface area contributed by atoms with E-state index in [0.717, 1.165) is 12.0 Å². The molecule has 138 valence electrons. The number of thioether (sulfide) groups is 1. The first-order valence-electron chi connectivity index (χ1n) is 8.67. The van der Waals surface area contributed by atoms with Crippen molar-refractivity contribution in [1.29, 1.82) is 0 Å². The Hall–Kier alpha value is -2.86. The largest absolute Gasteiger partial charge is 0.462 e. The van der Waals surface area contributed by atoms with Gasteiger partial charge in [0.15, 0.2) is 5.17 Å². The Kier molecular flexibility index (Phi) is 6.08. The maximum atomic E-state index is 12.5. The van der Waals surface area contributed by atoms with Crippen LogP contribution < -0.4 is 0 Å². The summed E-state index contributed by atoms with van der Waals surface area (Å²) in [6.07, 6.45) is 2.62. The van der Waals surface area contributed by atoms with E-state index >= 15 is 0 Å². The van der Waals surface area contributed by atoms with Crippen LogP contribution >= 0.6 is 11.8 Å². The summed E-state index contributed by atoms with van der Waals surface area (Å²) >= 11 is 1.32. The number of amidine groups is 1. The van der Waals surface area contributed by atoms with Gasteiger partial charge in [-0.2, -0.15) is 0 Å². The summed E-state index contributed by atoms with van der Waals surface area (Å²) < 4.78 is 5.16. The topological polar surface area (TPSA) is 59.0 Å². The van der Waals surface area contributed by atoms with Gasteiger partial charge < -0.3 is 4.74 Å². The molecule has 1 saturated heterocycles. The van der Waals surface area contributed by atoms with Crippen molar-refractivity contribution in [2.75, 3.05) is 13.7 Å². The molecule has 0 aliphatic carbocycles. The van der Waals surface area contributed by atoms with Crippen LogP contribution in [0, 0.1) is 0 Å². The molecule has 5 nitrogen and oxygen atoms in total. The number of benzene rings is 2. The molecular formula is C21H20N2O3S. The van der Waals surface area contributed by atoms with E-state index < -0.39 is 0 Å². The van der Waals surface area contributed by atoms with Crippen molar-refractivity contribution in [3.63, 3.8) is 0 Å². The molecule has 1 fully saturated rings. The lowest BCUT2D eigenvalue weighted by Gasteiger charge is -2.08. The zero-order chi connectivity index (χ0) is 19.2. The van der Waals surface area contributed by atoms with E-state index in [1.54, 1.807) is 31.3 Å². The van der Waals surface area contributed by atoms with Crippen molar-refractivity contribution in [2.45, 2.75) is 13.3 Å². The lowest BCUT2D eigenvalue weighted by molar-refractivity contribution is -0.121. The maximum Gasteiger partial charge on any atom is 0.338 e. The highest BCUT2D eigenvalue weighted by molar-refractivity contribution is 8.18. The summed E-state index contributed by atoms with van der Waals surface area (Å²) in [5.41, 5.74) is 2.01. The zero-order valence-electron chi connectivity index (χ0n) is 15.2. The Morgan fingerprint density at radius 1 is 1.19 bits per heavy atom. The van der Waals surface area contributed by atoms with Crippen LogP contribution in [-0.4, -0.2) is 35.6 Å². The molecule has 1 aliphatic heterocycles. The molecule has 0 bridgehead atoms. The third-order valence-corrected chi connectivity index (χ3v) is 4.90. The SMILES string of the molecule is CCCOC(=O)c1cccc(N=C2S/C(=C/c3ccccc3)C(=O)N2C)c1. The summed E-state index contributed by atoms with van der Waals surface area (Å²) in [5, 5.41) is 0.571. The van der Waals surface area contributed by atoms with Gasteiger partial charge in [0.1, 0.15) is 0 Å². The van der Waals surface area contributed by atoms with Crippen molar-refractivity contribution in [3.05, 3.63) is 70.6 Å². The standard InChI is InChI=1S/C21H20N2O3S/c1-3-12-26-20(25)16-10-7-11-17(14-16)22-21-23(2)19(24)18(27-21)13-15-8-5-4-6-9-15/h4-11,13-14H,3,12H2,1-2H3/b18-13+,22-21?. The van der Waals surface area contributed by atoms with Gasteiger partial charge in [-0.15, -0.1) is 0 Å². The van der Waals surface area contributed by atoms with Crippen LogP contribution in [0.25, 0.3) is 6.08 Å². The average molecular weight is 380 g/mol. The molecule has 0 aromatic heterocycles. The van der Waals surface area contributed by atoms with Crippen molar-refractivity contribution >= 4 is 40.6 Å². The Labute approximate surface area is 162 Å². The van der Waals surface area contributed by atoms with Crippen LogP contribution in [0.3, 0.4) is 0 Å². The van der Waals surface area contributed by atoms with E-state index in [1.807, 2.05) is 43.3 Å². The molecule has 27 heavy (non-hydrogen) atoms. The number of hydrogen-bond donors (Lipinski definition) is 0. The Morgan fingerprint density at radius 3 is 2.70 bits per heavy atom. The number of rotatable bonds is 5. The van der Waals surface area contributed by atoms with Crippen LogP contribution in [0.15, 0.2) is 64.5 Å². The predicted octanol–water partition coefficient (Wildman–Crippen LogP) is 4.49. The van der Waals surface area contributed by atoms with Gasteiger partial charge in [0.2, 0.25) is 0 Å². The van der Waals surface area contributed by atoms with Crippen LogP contribution in [0.5, 0.6) is 0 Å². The van der Waals surface area contributed by atoms with Gasteiger partial charge in [-0.1, -0.05) is 43.3 Å². The number of carbonyl (C=O) groups is 2. The molecule has 1 aliphatic rings. The van der Waals surface area contributed by atoms with Gasteiger partial charge in [-0.3, -0.25) is 9.69 Å². The van der Waals surface area contributed by atoms with E-state index in [1.165, 1.54) is 16.7 Å². The normalized spacial score (nSPS) is 17.0. The molecule has 3 rings (SSSR count). The molecule has 0 N–H and O–H groups in total. The smallest absolute Gasteiger partial charge is 0.338 e. The van der Waals surface area contributed by atoms with Crippen molar-refractivity contribution in [3.8, 4) is 0 Å². The summed E-state index contributed by atoms with van der Waals surface area (Å²) in [6.45, 7) is 2.33. The van der Waals surface area contributed by atoms with E-state index in [9.17, 15) is 9.59 Å². The molecule has 0 spiro atoms. The fourth-order valence-electron chi connectivity index (χ4n) is 2.44. The molecule has 0 atom stereocenters. The second-order valence-electron chi connectivity index (χ2n) is 5.97. The van der Waals surface area contributed by atoms with E-state index in [4.69, 9.17) is 4.74 Å². The monoisotopic (exact) mass is 380 g/mol. The minimum Gasteiger partial charge on any atom is -0.462 e. The fraction of sp³-hybridized carbons (Fsp3) is 0.190. The summed E-state index contributed by atoms with van der Waals surface area (Å²) in [4.78, 5) is 31.2. The van der Waals surface area contributed by atoms with Gasteiger partial charge in [0, 0.05) is 7.05 Å². The van der Waals surface area contributed by atoms with Gasteiger partial charge in [0.05, 0.1) is 22.8 Å². The van der Waals surface area contributed by atoms with Crippen molar-refractivity contribution in [2.24, 2.45) is 4.99 Å². The molecule has 0 radical (unpaired) electrons. The number of ether oxygens (including phenoxy) is 1. The van der Waals surface area contributed by atoms with Gasteiger partial charge in [-0.25, -0.2) is 9.79 Å².